The van der Waals surface area contributed by atoms with Gasteiger partial charge in [-0.2, -0.15) is 5.10 Å². The van der Waals surface area contributed by atoms with E-state index in [0.29, 0.717) is 44.0 Å². The van der Waals surface area contributed by atoms with E-state index in [-0.39, 0.29) is 36.8 Å². The Labute approximate surface area is 202 Å². The standard InChI is InChI=1S/C24H29FN4O4S/c1-32-17-24(31)28(9-8-27-10-12-33-13-11-27)16-23(30)29-21(22-7-4-14-34-22)15-20(26-29)18-5-2-3-6-19(18)25/h2-7,14,21H,8-13,15-17H2,1H3/t21-/m0/s1. The number of ether oxygens (including phenoxy) is 2. The predicted octanol–water partition coefficient (Wildman–Crippen LogP) is 2.37. The zero-order valence-corrected chi connectivity index (χ0v) is 20.0. The van der Waals surface area contributed by atoms with Crippen LogP contribution < -0.4 is 0 Å². The van der Waals surface area contributed by atoms with E-state index < -0.39 is 0 Å². The van der Waals surface area contributed by atoms with Crippen LogP contribution in [0.4, 0.5) is 4.39 Å². The summed E-state index contributed by atoms with van der Waals surface area (Å²) in [4.78, 5) is 30.8. The summed E-state index contributed by atoms with van der Waals surface area (Å²) in [5.74, 6) is -0.937. The Kier molecular flexibility index (Phi) is 8.39. The molecule has 0 spiro atoms. The molecule has 1 fully saturated rings. The first-order chi connectivity index (χ1) is 16.6. The molecule has 0 bridgehead atoms. The Morgan fingerprint density at radius 2 is 2.03 bits per heavy atom. The van der Waals surface area contributed by atoms with Crippen molar-refractivity contribution in [3.8, 4) is 0 Å². The molecule has 1 atom stereocenters. The minimum atomic E-state index is -0.372. The van der Waals surface area contributed by atoms with Crippen molar-refractivity contribution in [2.45, 2.75) is 12.5 Å². The normalized spacial score (nSPS) is 18.7. The highest BCUT2D eigenvalue weighted by atomic mass is 32.1. The van der Waals surface area contributed by atoms with Crippen molar-refractivity contribution >= 4 is 28.9 Å². The molecule has 4 rings (SSSR count). The number of carbonyl (C=O) groups excluding carboxylic acids is 2. The molecule has 1 aromatic carbocycles. The van der Waals surface area contributed by atoms with Crippen molar-refractivity contribution in [3.63, 3.8) is 0 Å². The van der Waals surface area contributed by atoms with Gasteiger partial charge in [-0.3, -0.25) is 14.5 Å². The second kappa shape index (κ2) is 11.7. The van der Waals surface area contributed by atoms with Crippen LogP contribution in [0.3, 0.4) is 0 Å². The van der Waals surface area contributed by atoms with Gasteiger partial charge in [-0.25, -0.2) is 9.40 Å². The number of rotatable bonds is 9. The highest BCUT2D eigenvalue weighted by molar-refractivity contribution is 7.10. The van der Waals surface area contributed by atoms with Crippen LogP contribution in [0.15, 0.2) is 46.9 Å². The third-order valence-electron chi connectivity index (χ3n) is 5.96. The van der Waals surface area contributed by atoms with Crippen LogP contribution in [0.2, 0.25) is 0 Å². The second-order valence-electron chi connectivity index (χ2n) is 8.20. The molecule has 2 aliphatic rings. The molecule has 34 heavy (non-hydrogen) atoms. The van der Waals surface area contributed by atoms with Crippen molar-refractivity contribution in [1.29, 1.82) is 0 Å². The monoisotopic (exact) mass is 488 g/mol. The molecule has 10 heteroatoms. The summed E-state index contributed by atoms with van der Waals surface area (Å²) < 4.78 is 24.9. The fraction of sp³-hybridized carbons (Fsp3) is 0.458. The van der Waals surface area contributed by atoms with E-state index >= 15 is 0 Å². The number of hydrogen-bond donors (Lipinski definition) is 0. The molecule has 8 nitrogen and oxygen atoms in total. The molecule has 3 heterocycles. The van der Waals surface area contributed by atoms with E-state index in [2.05, 4.69) is 10.0 Å². The Bertz CT molecular complexity index is 1010. The number of morpholine rings is 1. The molecular formula is C24H29FN4O4S. The number of amides is 2. The molecule has 0 aliphatic carbocycles. The Hall–Kier alpha value is -2.66. The van der Waals surface area contributed by atoms with Crippen LogP contribution >= 0.6 is 11.3 Å². The largest absolute Gasteiger partial charge is 0.379 e. The van der Waals surface area contributed by atoms with Gasteiger partial charge in [0, 0.05) is 50.2 Å². The molecule has 182 valence electrons. The highest BCUT2D eigenvalue weighted by Gasteiger charge is 2.35. The average Bonchev–Trinajstić information content (AvgIpc) is 3.53. The van der Waals surface area contributed by atoms with E-state index in [4.69, 9.17) is 9.47 Å². The van der Waals surface area contributed by atoms with Crippen LogP contribution in [0.5, 0.6) is 0 Å². The molecular weight excluding hydrogens is 459 g/mol. The predicted molar refractivity (Wildman–Crippen MR) is 127 cm³/mol. The summed E-state index contributed by atoms with van der Waals surface area (Å²) in [6, 6.07) is 9.97. The lowest BCUT2D eigenvalue weighted by molar-refractivity contribution is -0.143. The molecule has 1 saturated heterocycles. The lowest BCUT2D eigenvalue weighted by atomic mass is 10.0. The summed E-state index contributed by atoms with van der Waals surface area (Å²) in [5, 5.41) is 7.89. The third kappa shape index (κ3) is 5.87. The quantitative estimate of drug-likeness (QED) is 0.542. The summed E-state index contributed by atoms with van der Waals surface area (Å²) in [5.41, 5.74) is 0.909. The van der Waals surface area contributed by atoms with Crippen LogP contribution in [-0.2, 0) is 19.1 Å². The van der Waals surface area contributed by atoms with Gasteiger partial charge in [0.2, 0.25) is 5.91 Å². The van der Waals surface area contributed by atoms with E-state index in [1.54, 1.807) is 18.2 Å². The van der Waals surface area contributed by atoms with Gasteiger partial charge in [0.05, 0.1) is 25.0 Å². The number of benzene rings is 1. The number of carbonyl (C=O) groups is 2. The summed E-state index contributed by atoms with van der Waals surface area (Å²) in [6.07, 6.45) is 0.410. The topological polar surface area (TPSA) is 74.7 Å². The zero-order chi connectivity index (χ0) is 23.9. The smallest absolute Gasteiger partial charge is 0.262 e. The van der Waals surface area contributed by atoms with E-state index in [1.165, 1.54) is 34.4 Å². The first-order valence-electron chi connectivity index (χ1n) is 11.3. The number of halogens is 1. The molecule has 0 radical (unpaired) electrons. The maximum absolute atomic E-state index is 14.5. The fourth-order valence-electron chi connectivity index (χ4n) is 4.13. The first kappa shape index (κ1) is 24.5. The van der Waals surface area contributed by atoms with E-state index in [9.17, 15) is 14.0 Å². The maximum Gasteiger partial charge on any atom is 0.262 e. The van der Waals surface area contributed by atoms with E-state index in [0.717, 1.165) is 18.0 Å². The van der Waals surface area contributed by atoms with Crippen molar-refractivity contribution < 1.29 is 23.5 Å². The van der Waals surface area contributed by atoms with Crippen LogP contribution in [0.25, 0.3) is 0 Å². The van der Waals surface area contributed by atoms with Gasteiger partial charge in [-0.15, -0.1) is 11.3 Å². The highest BCUT2D eigenvalue weighted by Crippen LogP contribution is 2.35. The number of thiophene rings is 1. The van der Waals surface area contributed by atoms with Crippen LogP contribution in [0, 0.1) is 5.82 Å². The molecule has 1 aromatic heterocycles. The van der Waals surface area contributed by atoms with Gasteiger partial charge in [0.1, 0.15) is 19.0 Å². The number of hydrazone groups is 1. The molecule has 0 unspecified atom stereocenters. The van der Waals surface area contributed by atoms with Gasteiger partial charge in [0.15, 0.2) is 0 Å². The molecule has 2 aliphatic heterocycles. The molecule has 0 saturated carbocycles. The summed E-state index contributed by atoms with van der Waals surface area (Å²) >= 11 is 1.53. The maximum atomic E-state index is 14.5. The van der Waals surface area contributed by atoms with Crippen molar-refractivity contribution in [2.24, 2.45) is 5.10 Å². The number of methoxy groups -OCH3 is 1. The van der Waals surface area contributed by atoms with Gasteiger partial charge in [-0.05, 0) is 17.5 Å². The van der Waals surface area contributed by atoms with Crippen LogP contribution in [-0.4, -0.2) is 92.0 Å². The summed E-state index contributed by atoms with van der Waals surface area (Å²) in [7, 11) is 1.46. The minimum absolute atomic E-state index is 0.103. The fourth-order valence-corrected chi connectivity index (χ4v) is 4.94. The van der Waals surface area contributed by atoms with Crippen molar-refractivity contribution in [1.82, 2.24) is 14.8 Å². The zero-order valence-electron chi connectivity index (χ0n) is 19.2. The van der Waals surface area contributed by atoms with Gasteiger partial charge in [-0.1, -0.05) is 24.3 Å². The summed E-state index contributed by atoms with van der Waals surface area (Å²) in [6.45, 7) is 3.73. The van der Waals surface area contributed by atoms with E-state index in [1.807, 2.05) is 17.5 Å². The Morgan fingerprint density at radius 3 is 2.74 bits per heavy atom. The van der Waals surface area contributed by atoms with Crippen molar-refractivity contribution in [2.75, 3.05) is 59.7 Å². The van der Waals surface area contributed by atoms with Gasteiger partial charge < -0.3 is 14.4 Å². The second-order valence-corrected chi connectivity index (χ2v) is 9.18. The SMILES string of the molecule is COCC(=O)N(CCN1CCOCC1)CC(=O)N1N=C(c2ccccc2F)C[C@H]1c1cccs1. The first-order valence-corrected chi connectivity index (χ1v) is 12.2. The minimum Gasteiger partial charge on any atom is -0.379 e. The molecule has 2 amide bonds. The number of nitrogens with zero attached hydrogens (tertiary/aromatic N) is 4. The van der Waals surface area contributed by atoms with Gasteiger partial charge >= 0.3 is 0 Å². The Balaban J connectivity index is 1.52. The third-order valence-corrected chi connectivity index (χ3v) is 6.93. The van der Waals surface area contributed by atoms with Crippen molar-refractivity contribution in [3.05, 3.63) is 58.0 Å². The lowest BCUT2D eigenvalue weighted by Gasteiger charge is -2.30. The lowest BCUT2D eigenvalue weighted by Crippen LogP contribution is -2.47. The van der Waals surface area contributed by atoms with Crippen LogP contribution in [0.1, 0.15) is 22.9 Å². The molecule has 0 N–H and O–H groups in total. The average molecular weight is 489 g/mol. The number of hydrogen-bond acceptors (Lipinski definition) is 7. The Morgan fingerprint density at radius 1 is 1.24 bits per heavy atom. The van der Waals surface area contributed by atoms with Gasteiger partial charge in [0.25, 0.3) is 5.91 Å². The molecule has 2 aromatic rings.